The van der Waals surface area contributed by atoms with E-state index in [1.165, 1.54) is 19.3 Å². The fraction of sp³-hybridized carbons (Fsp3) is 0.333. The summed E-state index contributed by atoms with van der Waals surface area (Å²) >= 11 is 1.68. The second-order valence-electron chi connectivity index (χ2n) is 4.05. The van der Waals surface area contributed by atoms with Gasteiger partial charge in [-0.15, -0.1) is 11.3 Å². The predicted octanol–water partition coefficient (Wildman–Crippen LogP) is 3.17. The highest BCUT2D eigenvalue weighted by Crippen LogP contribution is 2.28. The summed E-state index contributed by atoms with van der Waals surface area (Å²) in [7, 11) is 0. The SMILES string of the molecule is c1cc(-c2csc(NC3CCC3)n2)ccn1. The van der Waals surface area contributed by atoms with E-state index in [1.807, 2.05) is 12.1 Å². The third kappa shape index (κ3) is 1.93. The van der Waals surface area contributed by atoms with Crippen LogP contribution < -0.4 is 5.32 Å². The van der Waals surface area contributed by atoms with Crippen LogP contribution in [0.1, 0.15) is 19.3 Å². The summed E-state index contributed by atoms with van der Waals surface area (Å²) in [6.07, 6.45) is 7.51. The summed E-state index contributed by atoms with van der Waals surface area (Å²) in [6.45, 7) is 0. The molecule has 0 radical (unpaired) electrons. The van der Waals surface area contributed by atoms with Gasteiger partial charge in [-0.05, 0) is 31.4 Å². The highest BCUT2D eigenvalue weighted by molar-refractivity contribution is 7.14. The highest BCUT2D eigenvalue weighted by Gasteiger charge is 2.18. The number of aromatic nitrogens is 2. The minimum Gasteiger partial charge on any atom is -0.359 e. The molecule has 0 bridgehead atoms. The van der Waals surface area contributed by atoms with Crippen LogP contribution in [0, 0.1) is 0 Å². The number of nitrogens with one attached hydrogen (secondary N) is 1. The van der Waals surface area contributed by atoms with Crippen LogP contribution in [-0.2, 0) is 0 Å². The van der Waals surface area contributed by atoms with Crippen LogP contribution in [0.3, 0.4) is 0 Å². The van der Waals surface area contributed by atoms with Gasteiger partial charge < -0.3 is 5.32 Å². The van der Waals surface area contributed by atoms with E-state index in [2.05, 4.69) is 20.7 Å². The molecular formula is C12H13N3S. The van der Waals surface area contributed by atoms with Crippen molar-refractivity contribution in [2.24, 2.45) is 0 Å². The third-order valence-electron chi connectivity index (χ3n) is 2.91. The number of thiazole rings is 1. The fourth-order valence-electron chi connectivity index (χ4n) is 1.72. The second kappa shape index (κ2) is 4.22. The molecule has 3 nitrogen and oxygen atoms in total. The quantitative estimate of drug-likeness (QED) is 0.881. The Bertz CT molecular complexity index is 462. The van der Waals surface area contributed by atoms with Crippen molar-refractivity contribution in [3.05, 3.63) is 29.9 Å². The van der Waals surface area contributed by atoms with E-state index < -0.39 is 0 Å². The minimum absolute atomic E-state index is 0.649. The largest absolute Gasteiger partial charge is 0.359 e. The van der Waals surface area contributed by atoms with Crippen LogP contribution in [0.25, 0.3) is 11.3 Å². The highest BCUT2D eigenvalue weighted by atomic mass is 32.1. The molecule has 0 aromatic carbocycles. The average molecular weight is 231 g/mol. The second-order valence-corrected chi connectivity index (χ2v) is 4.90. The first-order valence-corrected chi connectivity index (χ1v) is 6.42. The van der Waals surface area contributed by atoms with Gasteiger partial charge in [-0.1, -0.05) is 0 Å². The lowest BCUT2D eigenvalue weighted by Crippen LogP contribution is -2.26. The predicted molar refractivity (Wildman–Crippen MR) is 66.6 cm³/mol. The van der Waals surface area contributed by atoms with E-state index in [0.717, 1.165) is 16.4 Å². The molecule has 1 N–H and O–H groups in total. The van der Waals surface area contributed by atoms with Gasteiger partial charge in [0.1, 0.15) is 0 Å². The van der Waals surface area contributed by atoms with Crippen LogP contribution >= 0.6 is 11.3 Å². The molecule has 16 heavy (non-hydrogen) atoms. The average Bonchev–Trinajstić information content (AvgIpc) is 2.73. The van der Waals surface area contributed by atoms with Gasteiger partial charge in [-0.3, -0.25) is 4.98 Å². The monoisotopic (exact) mass is 231 g/mol. The molecule has 1 fully saturated rings. The Balaban J connectivity index is 1.77. The molecule has 4 heteroatoms. The van der Waals surface area contributed by atoms with E-state index in [9.17, 15) is 0 Å². The summed E-state index contributed by atoms with van der Waals surface area (Å²) in [5, 5.41) is 6.59. The van der Waals surface area contributed by atoms with E-state index in [4.69, 9.17) is 0 Å². The van der Waals surface area contributed by atoms with Crippen molar-refractivity contribution in [3.63, 3.8) is 0 Å². The molecule has 2 heterocycles. The van der Waals surface area contributed by atoms with Gasteiger partial charge in [0.15, 0.2) is 5.13 Å². The molecule has 1 aliphatic carbocycles. The van der Waals surface area contributed by atoms with Crippen LogP contribution in [0.5, 0.6) is 0 Å². The molecule has 0 amide bonds. The van der Waals surface area contributed by atoms with Crippen molar-refractivity contribution in [1.29, 1.82) is 0 Å². The minimum atomic E-state index is 0.649. The van der Waals surface area contributed by atoms with Gasteiger partial charge in [0, 0.05) is 29.4 Å². The van der Waals surface area contributed by atoms with Gasteiger partial charge in [-0.25, -0.2) is 4.98 Å². The lowest BCUT2D eigenvalue weighted by Gasteiger charge is -2.25. The summed E-state index contributed by atoms with van der Waals surface area (Å²) in [6, 6.07) is 4.63. The number of hydrogen-bond acceptors (Lipinski definition) is 4. The molecule has 0 spiro atoms. The Labute approximate surface area is 98.6 Å². The Hall–Kier alpha value is -1.42. The Morgan fingerprint density at radius 1 is 1.25 bits per heavy atom. The van der Waals surface area contributed by atoms with Crippen LogP contribution in [0.2, 0.25) is 0 Å². The van der Waals surface area contributed by atoms with E-state index in [0.29, 0.717) is 6.04 Å². The van der Waals surface area contributed by atoms with Crippen LogP contribution in [0.15, 0.2) is 29.9 Å². The maximum atomic E-state index is 4.58. The third-order valence-corrected chi connectivity index (χ3v) is 3.69. The van der Waals surface area contributed by atoms with Gasteiger partial charge in [0.25, 0.3) is 0 Å². The first-order valence-electron chi connectivity index (χ1n) is 5.54. The zero-order valence-electron chi connectivity index (χ0n) is 8.89. The topological polar surface area (TPSA) is 37.8 Å². The van der Waals surface area contributed by atoms with E-state index in [1.54, 1.807) is 23.7 Å². The molecule has 0 aliphatic heterocycles. The summed E-state index contributed by atoms with van der Waals surface area (Å²) in [5.74, 6) is 0. The van der Waals surface area contributed by atoms with E-state index >= 15 is 0 Å². The fourth-order valence-corrected chi connectivity index (χ4v) is 2.52. The van der Waals surface area contributed by atoms with Crippen molar-refractivity contribution in [2.45, 2.75) is 25.3 Å². The first kappa shape index (κ1) is 9.78. The Morgan fingerprint density at radius 2 is 2.06 bits per heavy atom. The van der Waals surface area contributed by atoms with Gasteiger partial charge in [0.05, 0.1) is 5.69 Å². The lowest BCUT2D eigenvalue weighted by molar-refractivity contribution is 0.445. The maximum absolute atomic E-state index is 4.58. The molecule has 82 valence electrons. The molecule has 3 rings (SSSR count). The van der Waals surface area contributed by atoms with Crippen molar-refractivity contribution < 1.29 is 0 Å². The van der Waals surface area contributed by atoms with Crippen LogP contribution in [0.4, 0.5) is 5.13 Å². The van der Waals surface area contributed by atoms with Crippen molar-refractivity contribution in [3.8, 4) is 11.3 Å². The molecule has 0 atom stereocenters. The number of nitrogens with zero attached hydrogens (tertiary/aromatic N) is 2. The maximum Gasteiger partial charge on any atom is 0.183 e. The van der Waals surface area contributed by atoms with Gasteiger partial charge in [-0.2, -0.15) is 0 Å². The molecular weight excluding hydrogens is 218 g/mol. The van der Waals surface area contributed by atoms with Crippen molar-refractivity contribution >= 4 is 16.5 Å². The van der Waals surface area contributed by atoms with Gasteiger partial charge in [0.2, 0.25) is 0 Å². The molecule has 1 saturated carbocycles. The molecule has 2 aromatic heterocycles. The molecule has 1 aliphatic rings. The Morgan fingerprint density at radius 3 is 2.75 bits per heavy atom. The normalized spacial score (nSPS) is 15.8. The lowest BCUT2D eigenvalue weighted by atomic mass is 9.93. The molecule has 0 saturated heterocycles. The number of anilines is 1. The van der Waals surface area contributed by atoms with Crippen LogP contribution in [-0.4, -0.2) is 16.0 Å². The molecule has 2 aromatic rings. The molecule has 0 unspecified atom stereocenters. The summed E-state index contributed by atoms with van der Waals surface area (Å²) in [4.78, 5) is 8.59. The Kier molecular flexibility index (Phi) is 2.58. The standard InChI is InChI=1S/C12H13N3S/c1-2-10(3-1)14-12-15-11(8-16-12)9-4-6-13-7-5-9/h4-8,10H,1-3H2,(H,14,15). The van der Waals surface area contributed by atoms with E-state index in [-0.39, 0.29) is 0 Å². The smallest absolute Gasteiger partial charge is 0.183 e. The number of hydrogen-bond donors (Lipinski definition) is 1. The van der Waals surface area contributed by atoms with Crippen molar-refractivity contribution in [2.75, 3.05) is 5.32 Å². The number of pyridine rings is 1. The zero-order chi connectivity index (χ0) is 10.8. The first-order chi connectivity index (χ1) is 7.92. The van der Waals surface area contributed by atoms with Gasteiger partial charge >= 0.3 is 0 Å². The summed E-state index contributed by atoms with van der Waals surface area (Å²) in [5.41, 5.74) is 2.17. The van der Waals surface area contributed by atoms with Crippen molar-refractivity contribution in [1.82, 2.24) is 9.97 Å². The number of rotatable bonds is 3. The zero-order valence-corrected chi connectivity index (χ0v) is 9.70. The summed E-state index contributed by atoms with van der Waals surface area (Å²) < 4.78 is 0.